The molecule has 1 aliphatic heterocycles. The molecular weight excluding hydrogens is 304 g/mol. The number of hydrogen-bond acceptors (Lipinski definition) is 3. The highest BCUT2D eigenvalue weighted by Gasteiger charge is 2.30. The standard InChI is InChI=1S/C19H30N2O3/c1-2-6-17(10-9-16-7-4-3-5-8-16)21-18(22)20-15-19(23)11-13-24-14-12-19/h3-5,7-8,17,23H,2,6,9-15H2,1H3,(H2,20,21,22). The number of carbonyl (C=O) groups is 1. The summed E-state index contributed by atoms with van der Waals surface area (Å²) in [4.78, 5) is 12.2. The Bertz CT molecular complexity index is 487. The van der Waals surface area contributed by atoms with Crippen LogP contribution in [0.4, 0.5) is 4.79 Å². The lowest BCUT2D eigenvalue weighted by Crippen LogP contribution is -2.50. The number of amides is 2. The molecule has 0 radical (unpaired) electrons. The van der Waals surface area contributed by atoms with Crippen molar-refractivity contribution in [3.05, 3.63) is 35.9 Å². The van der Waals surface area contributed by atoms with Crippen molar-refractivity contribution < 1.29 is 14.6 Å². The third-order valence-electron chi connectivity index (χ3n) is 4.60. The molecule has 1 aromatic rings. The van der Waals surface area contributed by atoms with Crippen LogP contribution in [-0.2, 0) is 11.2 Å². The van der Waals surface area contributed by atoms with Crippen LogP contribution in [0.1, 0.15) is 44.6 Å². The molecule has 1 aromatic carbocycles. The van der Waals surface area contributed by atoms with Gasteiger partial charge in [0.1, 0.15) is 0 Å². The minimum atomic E-state index is -0.833. The van der Waals surface area contributed by atoms with Gasteiger partial charge in [-0.3, -0.25) is 0 Å². The number of aliphatic hydroxyl groups is 1. The summed E-state index contributed by atoms with van der Waals surface area (Å²) in [6.07, 6.45) is 5.00. The normalized spacial score (nSPS) is 17.9. The number of aryl methyl sites for hydroxylation is 1. The Morgan fingerprint density at radius 1 is 1.25 bits per heavy atom. The molecule has 0 aliphatic carbocycles. The highest BCUT2D eigenvalue weighted by Crippen LogP contribution is 2.19. The maximum atomic E-state index is 12.2. The first-order valence-corrected chi connectivity index (χ1v) is 9.00. The van der Waals surface area contributed by atoms with E-state index in [-0.39, 0.29) is 18.6 Å². The number of rotatable bonds is 8. The largest absolute Gasteiger partial charge is 0.388 e. The molecule has 1 unspecified atom stereocenters. The Balaban J connectivity index is 1.75. The fourth-order valence-electron chi connectivity index (χ4n) is 3.03. The molecule has 24 heavy (non-hydrogen) atoms. The maximum absolute atomic E-state index is 12.2. The van der Waals surface area contributed by atoms with Gasteiger partial charge in [-0.15, -0.1) is 0 Å². The lowest BCUT2D eigenvalue weighted by molar-refractivity contribution is -0.0600. The maximum Gasteiger partial charge on any atom is 0.315 e. The summed E-state index contributed by atoms with van der Waals surface area (Å²) in [6, 6.07) is 10.3. The van der Waals surface area contributed by atoms with Crippen molar-refractivity contribution in [3.8, 4) is 0 Å². The van der Waals surface area contributed by atoms with Gasteiger partial charge in [0.15, 0.2) is 0 Å². The van der Waals surface area contributed by atoms with Crippen LogP contribution in [0.5, 0.6) is 0 Å². The molecule has 3 N–H and O–H groups in total. The first kappa shape index (κ1) is 18.7. The van der Waals surface area contributed by atoms with Gasteiger partial charge in [0.05, 0.1) is 5.60 Å². The van der Waals surface area contributed by atoms with E-state index in [2.05, 4.69) is 29.7 Å². The van der Waals surface area contributed by atoms with Crippen molar-refractivity contribution in [1.82, 2.24) is 10.6 Å². The number of carbonyl (C=O) groups excluding carboxylic acids is 1. The van der Waals surface area contributed by atoms with Crippen molar-refractivity contribution in [1.29, 1.82) is 0 Å². The number of nitrogens with one attached hydrogen (secondary N) is 2. The predicted octanol–water partition coefficient (Wildman–Crippen LogP) is 2.63. The van der Waals surface area contributed by atoms with Crippen molar-refractivity contribution >= 4 is 6.03 Å². The van der Waals surface area contributed by atoms with Gasteiger partial charge in [-0.2, -0.15) is 0 Å². The molecule has 1 fully saturated rings. The molecule has 1 heterocycles. The topological polar surface area (TPSA) is 70.6 Å². The molecule has 2 amide bonds. The van der Waals surface area contributed by atoms with Crippen LogP contribution in [0, 0.1) is 0 Å². The summed E-state index contributed by atoms with van der Waals surface area (Å²) in [5.74, 6) is 0. The van der Waals surface area contributed by atoms with Gasteiger partial charge in [0.2, 0.25) is 0 Å². The molecule has 134 valence electrons. The molecule has 1 saturated heterocycles. The molecule has 1 aliphatic rings. The Morgan fingerprint density at radius 2 is 1.96 bits per heavy atom. The van der Waals surface area contributed by atoms with E-state index in [1.54, 1.807) is 0 Å². The van der Waals surface area contributed by atoms with E-state index in [4.69, 9.17) is 4.74 Å². The summed E-state index contributed by atoms with van der Waals surface area (Å²) in [5.41, 5.74) is 0.456. The van der Waals surface area contributed by atoms with Crippen LogP contribution in [0.2, 0.25) is 0 Å². The molecular formula is C19H30N2O3. The first-order chi connectivity index (χ1) is 11.6. The number of ether oxygens (including phenoxy) is 1. The summed E-state index contributed by atoms with van der Waals surface area (Å²) in [6.45, 7) is 3.50. The van der Waals surface area contributed by atoms with Crippen molar-refractivity contribution in [2.75, 3.05) is 19.8 Å². The van der Waals surface area contributed by atoms with E-state index in [0.717, 1.165) is 25.7 Å². The zero-order chi connectivity index (χ0) is 17.3. The summed E-state index contributed by atoms with van der Waals surface area (Å²) in [7, 11) is 0. The molecule has 0 spiro atoms. The highest BCUT2D eigenvalue weighted by molar-refractivity contribution is 5.74. The number of urea groups is 1. The number of hydrogen-bond donors (Lipinski definition) is 3. The smallest absolute Gasteiger partial charge is 0.315 e. The first-order valence-electron chi connectivity index (χ1n) is 9.00. The summed E-state index contributed by atoms with van der Waals surface area (Å²) < 4.78 is 5.25. The molecule has 1 atom stereocenters. The zero-order valence-corrected chi connectivity index (χ0v) is 14.6. The van der Waals surface area contributed by atoms with Gasteiger partial charge in [-0.1, -0.05) is 43.7 Å². The van der Waals surface area contributed by atoms with Crippen LogP contribution in [0.25, 0.3) is 0 Å². The van der Waals surface area contributed by atoms with Crippen molar-refractivity contribution in [2.24, 2.45) is 0 Å². The van der Waals surface area contributed by atoms with Crippen LogP contribution < -0.4 is 10.6 Å². The second-order valence-electron chi connectivity index (χ2n) is 6.67. The van der Waals surface area contributed by atoms with Gasteiger partial charge in [-0.25, -0.2) is 4.79 Å². The lowest BCUT2D eigenvalue weighted by atomic mass is 9.94. The Labute approximate surface area is 144 Å². The van der Waals surface area contributed by atoms with E-state index in [0.29, 0.717) is 26.1 Å². The average Bonchev–Trinajstić information content (AvgIpc) is 2.60. The minimum Gasteiger partial charge on any atom is -0.388 e. The minimum absolute atomic E-state index is 0.152. The van der Waals surface area contributed by atoms with Crippen LogP contribution in [-0.4, -0.2) is 42.5 Å². The third-order valence-corrected chi connectivity index (χ3v) is 4.60. The van der Waals surface area contributed by atoms with Crippen LogP contribution >= 0.6 is 0 Å². The highest BCUT2D eigenvalue weighted by atomic mass is 16.5. The number of benzene rings is 1. The summed E-state index contributed by atoms with van der Waals surface area (Å²) >= 11 is 0. The van der Waals surface area contributed by atoms with E-state index in [1.807, 2.05) is 18.2 Å². The molecule has 5 heteroatoms. The van der Waals surface area contributed by atoms with E-state index >= 15 is 0 Å². The third kappa shape index (κ3) is 6.49. The monoisotopic (exact) mass is 334 g/mol. The fraction of sp³-hybridized carbons (Fsp3) is 0.632. The fourth-order valence-corrected chi connectivity index (χ4v) is 3.03. The van der Waals surface area contributed by atoms with Gasteiger partial charge >= 0.3 is 6.03 Å². The van der Waals surface area contributed by atoms with Crippen LogP contribution in [0.3, 0.4) is 0 Å². The molecule has 2 rings (SSSR count). The van der Waals surface area contributed by atoms with Gasteiger partial charge in [0, 0.05) is 38.6 Å². The van der Waals surface area contributed by atoms with Crippen LogP contribution in [0.15, 0.2) is 30.3 Å². The van der Waals surface area contributed by atoms with Gasteiger partial charge < -0.3 is 20.5 Å². The second kappa shape index (κ2) is 9.64. The van der Waals surface area contributed by atoms with E-state index in [9.17, 15) is 9.90 Å². The molecule has 0 bridgehead atoms. The van der Waals surface area contributed by atoms with Gasteiger partial charge in [-0.05, 0) is 24.8 Å². The molecule has 5 nitrogen and oxygen atoms in total. The zero-order valence-electron chi connectivity index (χ0n) is 14.6. The average molecular weight is 334 g/mol. The van der Waals surface area contributed by atoms with Crippen molar-refractivity contribution in [2.45, 2.75) is 57.1 Å². The molecule has 0 aromatic heterocycles. The van der Waals surface area contributed by atoms with E-state index in [1.165, 1.54) is 5.56 Å². The predicted molar refractivity (Wildman–Crippen MR) is 95.0 cm³/mol. The van der Waals surface area contributed by atoms with E-state index < -0.39 is 5.60 Å². The van der Waals surface area contributed by atoms with Crippen molar-refractivity contribution in [3.63, 3.8) is 0 Å². The SMILES string of the molecule is CCCC(CCc1ccccc1)NC(=O)NCC1(O)CCOCC1. The quantitative estimate of drug-likeness (QED) is 0.684. The Morgan fingerprint density at radius 3 is 2.62 bits per heavy atom. The molecule has 0 saturated carbocycles. The van der Waals surface area contributed by atoms with Gasteiger partial charge in [0.25, 0.3) is 0 Å². The Kier molecular flexibility index (Phi) is 7.53. The summed E-state index contributed by atoms with van der Waals surface area (Å²) in [5, 5.41) is 16.3. The second-order valence-corrected chi connectivity index (χ2v) is 6.67. The lowest BCUT2D eigenvalue weighted by Gasteiger charge is -2.32. The Hall–Kier alpha value is -1.59.